The second-order valence-electron chi connectivity index (χ2n) is 7.18. The second kappa shape index (κ2) is 6.67. The van der Waals surface area contributed by atoms with Crippen molar-refractivity contribution in [2.75, 3.05) is 18.0 Å². The fourth-order valence-corrected chi connectivity index (χ4v) is 3.83. The largest absolute Gasteiger partial charge is 0.416 e. The first kappa shape index (κ1) is 18.6. The Morgan fingerprint density at radius 3 is 2.54 bits per heavy atom. The third kappa shape index (κ3) is 3.16. The first-order valence-electron chi connectivity index (χ1n) is 9.09. The molecule has 2 heterocycles. The lowest BCUT2D eigenvalue weighted by Crippen LogP contribution is -2.50. The number of hydrogen-bond donors (Lipinski definition) is 2. The van der Waals surface area contributed by atoms with Crippen LogP contribution in [0, 0.1) is 6.92 Å². The van der Waals surface area contributed by atoms with E-state index in [2.05, 4.69) is 15.2 Å². The Bertz CT molecular complexity index is 947. The number of hydrogen-bond acceptors (Lipinski definition) is 4. The topological polar surface area (TPSA) is 53.6 Å². The molecule has 2 aromatic carbocycles. The summed E-state index contributed by atoms with van der Waals surface area (Å²) in [6.07, 6.45) is -2.44. The Balaban J connectivity index is 1.76. The van der Waals surface area contributed by atoms with Gasteiger partial charge in [-0.05, 0) is 25.1 Å². The number of alkyl halides is 3. The van der Waals surface area contributed by atoms with Crippen LogP contribution in [0.2, 0.25) is 0 Å². The van der Waals surface area contributed by atoms with Crippen molar-refractivity contribution < 1.29 is 13.2 Å². The molecule has 0 bridgehead atoms. The minimum absolute atomic E-state index is 0.0292. The lowest BCUT2D eigenvalue weighted by molar-refractivity contribution is -0.138. The van der Waals surface area contributed by atoms with Crippen LogP contribution in [0.25, 0.3) is 0 Å². The molecular formula is C21H21F3N4. The molecule has 4 nitrogen and oxygen atoms in total. The van der Waals surface area contributed by atoms with Gasteiger partial charge in [0.15, 0.2) is 5.66 Å². The van der Waals surface area contributed by atoms with Crippen molar-refractivity contribution in [1.29, 1.82) is 0 Å². The van der Waals surface area contributed by atoms with Gasteiger partial charge in [-0.2, -0.15) is 13.2 Å². The maximum absolute atomic E-state index is 13.6. The lowest BCUT2D eigenvalue weighted by atomic mass is 9.84. The maximum Gasteiger partial charge on any atom is 0.416 e. The number of aliphatic imine (C=N–C) groups is 1. The van der Waals surface area contributed by atoms with Crippen LogP contribution in [0.3, 0.4) is 0 Å². The third-order valence-electron chi connectivity index (χ3n) is 5.35. The molecule has 0 aromatic heterocycles. The Labute approximate surface area is 161 Å². The van der Waals surface area contributed by atoms with Gasteiger partial charge < -0.3 is 10.2 Å². The van der Waals surface area contributed by atoms with E-state index in [-0.39, 0.29) is 5.56 Å². The van der Waals surface area contributed by atoms with E-state index in [0.717, 1.165) is 29.6 Å². The van der Waals surface area contributed by atoms with Gasteiger partial charge in [-0.1, -0.05) is 35.9 Å². The summed E-state index contributed by atoms with van der Waals surface area (Å²) >= 11 is 0. The van der Waals surface area contributed by atoms with Gasteiger partial charge in [0, 0.05) is 42.0 Å². The first-order valence-corrected chi connectivity index (χ1v) is 9.09. The number of rotatable bonds is 2. The van der Waals surface area contributed by atoms with Gasteiger partial charge in [0.1, 0.15) is 0 Å². The third-order valence-corrected chi connectivity index (χ3v) is 5.35. The minimum atomic E-state index is -4.50. The summed E-state index contributed by atoms with van der Waals surface area (Å²) in [7, 11) is 0. The fourth-order valence-electron chi connectivity index (χ4n) is 3.83. The molecule has 0 saturated heterocycles. The quantitative estimate of drug-likeness (QED) is 0.823. The first-order chi connectivity index (χ1) is 13.3. The average molecular weight is 386 g/mol. The molecule has 0 fully saturated rings. The molecule has 7 heteroatoms. The van der Waals surface area contributed by atoms with Crippen LogP contribution in [0.1, 0.15) is 23.1 Å². The summed E-state index contributed by atoms with van der Waals surface area (Å²) < 4.78 is 40.9. The smallest absolute Gasteiger partial charge is 0.367 e. The highest BCUT2D eigenvalue weighted by molar-refractivity contribution is 5.66. The molecule has 0 spiro atoms. The zero-order chi connectivity index (χ0) is 19.9. The van der Waals surface area contributed by atoms with Crippen LogP contribution in [0.4, 0.5) is 18.9 Å². The Morgan fingerprint density at radius 1 is 1.11 bits per heavy atom. The molecule has 28 heavy (non-hydrogen) atoms. The van der Waals surface area contributed by atoms with E-state index in [1.54, 1.807) is 6.07 Å². The number of aryl methyl sites for hydroxylation is 1. The molecule has 0 aliphatic carbocycles. The number of nitrogens with one attached hydrogen (secondary N) is 1. The Kier molecular flexibility index (Phi) is 4.42. The zero-order valence-electron chi connectivity index (χ0n) is 15.4. The molecule has 0 radical (unpaired) electrons. The molecule has 0 saturated carbocycles. The Morgan fingerprint density at radius 2 is 1.82 bits per heavy atom. The fraction of sp³-hybridized carbons (Fsp3) is 0.286. The predicted molar refractivity (Wildman–Crippen MR) is 104 cm³/mol. The van der Waals surface area contributed by atoms with E-state index in [1.165, 1.54) is 18.5 Å². The molecule has 146 valence electrons. The SMILES string of the molecule is Cc1ccc(N2CCC3=C(C2)C(N)(c2ccccc2C(F)(F)F)N=CN3)cc1. The summed E-state index contributed by atoms with van der Waals surface area (Å²) in [5.74, 6) is 0. The molecule has 1 atom stereocenters. The van der Waals surface area contributed by atoms with Crippen molar-refractivity contribution in [3.05, 3.63) is 76.5 Å². The highest BCUT2D eigenvalue weighted by Crippen LogP contribution is 2.42. The van der Waals surface area contributed by atoms with Gasteiger partial charge in [0.05, 0.1) is 11.9 Å². The number of benzene rings is 2. The van der Waals surface area contributed by atoms with E-state index >= 15 is 0 Å². The van der Waals surface area contributed by atoms with E-state index in [0.29, 0.717) is 18.5 Å². The van der Waals surface area contributed by atoms with Gasteiger partial charge >= 0.3 is 6.18 Å². The molecule has 2 aliphatic rings. The van der Waals surface area contributed by atoms with E-state index in [1.807, 2.05) is 31.2 Å². The molecule has 0 amide bonds. The van der Waals surface area contributed by atoms with E-state index in [9.17, 15) is 13.2 Å². The number of nitrogens with two attached hydrogens (primary N) is 1. The Hall–Kier alpha value is -2.80. The predicted octanol–water partition coefficient (Wildman–Crippen LogP) is 3.92. The van der Waals surface area contributed by atoms with Gasteiger partial charge in [-0.3, -0.25) is 5.73 Å². The standard InChI is InChI=1S/C21H21F3N4/c1-14-6-8-15(9-7-14)28-11-10-19-18(12-28)20(25,27-13-26-19)16-4-2-3-5-17(16)21(22,23)24/h2-9,13H,10-12,25H2,1H3,(H,26,27). The van der Waals surface area contributed by atoms with Crippen LogP contribution >= 0.6 is 0 Å². The van der Waals surface area contributed by atoms with Crippen molar-refractivity contribution in [3.63, 3.8) is 0 Å². The van der Waals surface area contributed by atoms with Gasteiger partial charge in [-0.15, -0.1) is 0 Å². The summed E-state index contributed by atoms with van der Waals surface area (Å²) in [6.45, 7) is 3.17. The molecule has 3 N–H and O–H groups in total. The van der Waals surface area contributed by atoms with Crippen LogP contribution in [0.5, 0.6) is 0 Å². The summed E-state index contributed by atoms with van der Waals surface area (Å²) in [6, 6.07) is 13.5. The second-order valence-corrected chi connectivity index (χ2v) is 7.18. The van der Waals surface area contributed by atoms with Crippen molar-refractivity contribution in [1.82, 2.24) is 5.32 Å². The number of nitrogens with zero attached hydrogens (tertiary/aromatic N) is 2. The molecular weight excluding hydrogens is 365 g/mol. The normalized spacial score (nSPS) is 22.1. The van der Waals surface area contributed by atoms with Crippen LogP contribution < -0.4 is 16.0 Å². The van der Waals surface area contributed by atoms with Gasteiger partial charge in [0.2, 0.25) is 0 Å². The molecule has 1 unspecified atom stereocenters. The number of halogens is 3. The van der Waals surface area contributed by atoms with E-state index < -0.39 is 17.4 Å². The highest BCUT2D eigenvalue weighted by atomic mass is 19.4. The zero-order valence-corrected chi connectivity index (χ0v) is 15.4. The van der Waals surface area contributed by atoms with Crippen molar-refractivity contribution >= 4 is 12.0 Å². The number of anilines is 1. The molecule has 2 aliphatic heterocycles. The van der Waals surface area contributed by atoms with Gasteiger partial charge in [-0.25, -0.2) is 4.99 Å². The highest BCUT2D eigenvalue weighted by Gasteiger charge is 2.44. The van der Waals surface area contributed by atoms with Crippen LogP contribution in [0.15, 0.2) is 64.8 Å². The van der Waals surface area contributed by atoms with Crippen molar-refractivity contribution in [2.24, 2.45) is 10.7 Å². The van der Waals surface area contributed by atoms with Crippen molar-refractivity contribution in [3.8, 4) is 0 Å². The van der Waals surface area contributed by atoms with Crippen molar-refractivity contribution in [2.45, 2.75) is 25.2 Å². The minimum Gasteiger partial charge on any atom is -0.367 e. The maximum atomic E-state index is 13.6. The monoisotopic (exact) mass is 386 g/mol. The van der Waals surface area contributed by atoms with Crippen LogP contribution in [-0.2, 0) is 11.8 Å². The molecule has 2 aromatic rings. The molecule has 4 rings (SSSR count). The average Bonchev–Trinajstić information content (AvgIpc) is 2.68. The van der Waals surface area contributed by atoms with Gasteiger partial charge in [0.25, 0.3) is 0 Å². The summed E-state index contributed by atoms with van der Waals surface area (Å²) in [5, 5.41) is 3.09. The lowest BCUT2D eigenvalue weighted by Gasteiger charge is -2.41. The van der Waals surface area contributed by atoms with E-state index in [4.69, 9.17) is 5.73 Å². The van der Waals surface area contributed by atoms with Crippen LogP contribution in [-0.4, -0.2) is 19.4 Å². The summed E-state index contributed by atoms with van der Waals surface area (Å²) in [5.41, 5.74) is 7.90. The summed E-state index contributed by atoms with van der Waals surface area (Å²) in [4.78, 5) is 6.41.